The van der Waals surface area contributed by atoms with E-state index >= 15 is 0 Å². The number of hydrogen-bond acceptors (Lipinski definition) is 6. The number of benzene rings is 5. The molecule has 0 saturated heterocycles. The minimum absolute atomic E-state index is 0.120. The number of rotatable bonds is 6. The fourth-order valence-corrected chi connectivity index (χ4v) is 4.21. The van der Waals surface area contributed by atoms with E-state index in [9.17, 15) is 19.8 Å². The van der Waals surface area contributed by atoms with E-state index in [1.807, 2.05) is 48.5 Å². The number of carboxylic acid groups (broad SMARTS) is 2. The van der Waals surface area contributed by atoms with Crippen molar-refractivity contribution in [3.8, 4) is 0 Å². The van der Waals surface area contributed by atoms with Gasteiger partial charge < -0.3 is 19.8 Å². The van der Waals surface area contributed by atoms with Crippen LogP contribution in [0.1, 0.15) is 31.8 Å². The van der Waals surface area contributed by atoms with Gasteiger partial charge in [-0.3, -0.25) is 9.98 Å². The number of hydrogen-bond donors (Lipinski definition) is 0. The van der Waals surface area contributed by atoms with Crippen molar-refractivity contribution < 1.29 is 19.8 Å². The molecule has 36 heavy (non-hydrogen) atoms. The number of aromatic carboxylic acids is 2. The molecule has 5 aromatic rings. The average Bonchev–Trinajstić information content (AvgIpc) is 2.90. The molecule has 174 valence electrons. The molecule has 0 radical (unpaired) electrons. The van der Waals surface area contributed by atoms with Gasteiger partial charge in [0, 0.05) is 34.7 Å². The van der Waals surface area contributed by atoms with E-state index in [0.29, 0.717) is 33.3 Å². The molecule has 0 amide bonds. The van der Waals surface area contributed by atoms with Crippen LogP contribution in [0.2, 0.25) is 0 Å². The van der Waals surface area contributed by atoms with E-state index < -0.39 is 11.9 Å². The highest BCUT2D eigenvalue weighted by molar-refractivity contribution is 6.11. The Balaban J connectivity index is 1.42. The number of carbonyl (C=O) groups is 2. The van der Waals surface area contributed by atoms with Gasteiger partial charge in [-0.1, -0.05) is 72.8 Å². The Labute approximate surface area is 206 Å². The molecule has 0 aliphatic carbocycles. The van der Waals surface area contributed by atoms with Crippen LogP contribution in [0.5, 0.6) is 0 Å². The summed E-state index contributed by atoms with van der Waals surface area (Å²) in [7, 11) is 0. The number of nitrogens with zero attached hydrogens (tertiary/aromatic N) is 2. The minimum Gasteiger partial charge on any atom is -0.545 e. The summed E-state index contributed by atoms with van der Waals surface area (Å²) in [4.78, 5) is 32.1. The zero-order valence-corrected chi connectivity index (χ0v) is 18.9. The van der Waals surface area contributed by atoms with Crippen LogP contribution in [0.3, 0.4) is 0 Å². The first kappa shape index (κ1) is 22.7. The molecule has 0 bridgehead atoms. The highest BCUT2D eigenvalue weighted by Crippen LogP contribution is 2.25. The van der Waals surface area contributed by atoms with E-state index in [2.05, 4.69) is 9.98 Å². The predicted octanol–water partition coefficient (Wildman–Crippen LogP) is 4.22. The SMILES string of the molecule is O=C([O-])c1cccc2cccc(C=Nc3ccc(N=Cc4cccc5cccc(C(=O)[O-])c45)cc3)c12. The number of carboxylic acids is 2. The van der Waals surface area contributed by atoms with Gasteiger partial charge >= 0.3 is 0 Å². The molecule has 0 spiro atoms. The Kier molecular flexibility index (Phi) is 6.07. The van der Waals surface area contributed by atoms with Gasteiger partial charge in [0.15, 0.2) is 0 Å². The van der Waals surface area contributed by atoms with Gasteiger partial charge in [0.1, 0.15) is 0 Å². The first-order chi connectivity index (χ1) is 17.5. The fourth-order valence-electron chi connectivity index (χ4n) is 4.21. The molecule has 0 saturated carbocycles. The average molecular weight is 470 g/mol. The summed E-state index contributed by atoms with van der Waals surface area (Å²) in [5.74, 6) is -2.47. The molecule has 0 aliphatic rings. The summed E-state index contributed by atoms with van der Waals surface area (Å²) in [5, 5.41) is 25.9. The quantitative estimate of drug-likeness (QED) is 0.347. The molecule has 6 nitrogen and oxygen atoms in total. The van der Waals surface area contributed by atoms with Gasteiger partial charge in [-0.25, -0.2) is 0 Å². The zero-order chi connectivity index (χ0) is 25.1. The van der Waals surface area contributed by atoms with Gasteiger partial charge in [0.05, 0.1) is 23.3 Å². The molecule has 5 rings (SSSR count). The summed E-state index contributed by atoms with van der Waals surface area (Å²) in [6, 6.07) is 28.3. The largest absolute Gasteiger partial charge is 0.545 e. The topological polar surface area (TPSA) is 105 Å². The standard InChI is InChI=1S/C30H20N2O4/c33-29(34)25-11-3-7-19-5-1-9-21(27(19)25)17-31-23-13-15-24(16-14-23)32-18-22-10-2-6-20-8-4-12-26(28(20)22)30(35)36/h1-18H,(H,33,34)(H,35,36)/p-2. The lowest BCUT2D eigenvalue weighted by molar-refractivity contribution is -0.255. The zero-order valence-electron chi connectivity index (χ0n) is 18.9. The fraction of sp³-hybridized carbons (Fsp3) is 0. The van der Waals surface area contributed by atoms with E-state index in [-0.39, 0.29) is 11.1 Å². The van der Waals surface area contributed by atoms with Gasteiger partial charge in [0.2, 0.25) is 0 Å². The van der Waals surface area contributed by atoms with Crippen LogP contribution in [-0.4, -0.2) is 24.4 Å². The third-order valence-corrected chi connectivity index (χ3v) is 5.87. The van der Waals surface area contributed by atoms with Crippen molar-refractivity contribution >= 4 is 57.3 Å². The normalized spacial score (nSPS) is 11.6. The molecule has 0 unspecified atom stereocenters. The second kappa shape index (κ2) is 9.64. The van der Waals surface area contributed by atoms with Crippen LogP contribution in [0.4, 0.5) is 11.4 Å². The van der Waals surface area contributed by atoms with Crippen LogP contribution in [0.15, 0.2) is 107 Å². The van der Waals surface area contributed by atoms with Crippen molar-refractivity contribution in [3.05, 3.63) is 119 Å². The summed E-state index contributed by atoms with van der Waals surface area (Å²) in [6.45, 7) is 0. The monoisotopic (exact) mass is 470 g/mol. The van der Waals surface area contributed by atoms with Crippen molar-refractivity contribution in [1.29, 1.82) is 0 Å². The van der Waals surface area contributed by atoms with Crippen LogP contribution < -0.4 is 10.2 Å². The van der Waals surface area contributed by atoms with E-state index in [1.54, 1.807) is 48.8 Å². The Morgan fingerprint density at radius 2 is 0.889 bits per heavy atom. The van der Waals surface area contributed by atoms with Crippen molar-refractivity contribution in [3.63, 3.8) is 0 Å². The Morgan fingerprint density at radius 1 is 0.528 bits per heavy atom. The Morgan fingerprint density at radius 3 is 1.25 bits per heavy atom. The molecule has 0 atom stereocenters. The van der Waals surface area contributed by atoms with Crippen LogP contribution in [-0.2, 0) is 0 Å². The second-order valence-electron chi connectivity index (χ2n) is 8.11. The van der Waals surface area contributed by atoms with Gasteiger partial charge in [-0.2, -0.15) is 0 Å². The van der Waals surface area contributed by atoms with Crippen LogP contribution in [0, 0.1) is 0 Å². The molecular weight excluding hydrogens is 452 g/mol. The van der Waals surface area contributed by atoms with Gasteiger partial charge in [-0.05, 0) is 45.8 Å². The number of fused-ring (bicyclic) bond motifs is 2. The first-order valence-electron chi connectivity index (χ1n) is 11.2. The van der Waals surface area contributed by atoms with Crippen molar-refractivity contribution in [2.75, 3.05) is 0 Å². The third kappa shape index (κ3) is 4.48. The maximum Gasteiger partial charge on any atom is 0.0721 e. The van der Waals surface area contributed by atoms with Gasteiger partial charge in [0.25, 0.3) is 0 Å². The Hall–Kier alpha value is -5.10. The molecule has 0 aromatic heterocycles. The van der Waals surface area contributed by atoms with Crippen molar-refractivity contribution in [2.24, 2.45) is 9.98 Å². The maximum absolute atomic E-state index is 11.6. The Bertz CT molecular complexity index is 1550. The highest BCUT2D eigenvalue weighted by atomic mass is 16.4. The molecule has 0 N–H and O–H groups in total. The lowest BCUT2D eigenvalue weighted by atomic mass is 10.00. The second-order valence-corrected chi connectivity index (χ2v) is 8.11. The molecule has 0 aliphatic heterocycles. The summed E-state index contributed by atoms with van der Waals surface area (Å²) >= 11 is 0. The molecule has 0 fully saturated rings. The highest BCUT2D eigenvalue weighted by Gasteiger charge is 2.07. The van der Waals surface area contributed by atoms with E-state index in [0.717, 1.165) is 10.8 Å². The minimum atomic E-state index is -1.23. The summed E-state index contributed by atoms with van der Waals surface area (Å²) in [6.07, 6.45) is 3.26. The first-order valence-corrected chi connectivity index (χ1v) is 11.2. The lowest BCUT2D eigenvalue weighted by Gasteiger charge is -2.10. The summed E-state index contributed by atoms with van der Waals surface area (Å²) < 4.78 is 0. The van der Waals surface area contributed by atoms with E-state index in [4.69, 9.17) is 0 Å². The smallest absolute Gasteiger partial charge is 0.0721 e. The third-order valence-electron chi connectivity index (χ3n) is 5.87. The number of aliphatic imine (C=N–C) groups is 2. The van der Waals surface area contributed by atoms with Crippen molar-refractivity contribution in [1.82, 2.24) is 0 Å². The molecule has 6 heteroatoms. The lowest BCUT2D eigenvalue weighted by Crippen LogP contribution is -2.22. The van der Waals surface area contributed by atoms with Crippen LogP contribution >= 0.6 is 0 Å². The van der Waals surface area contributed by atoms with Gasteiger partial charge in [-0.15, -0.1) is 0 Å². The van der Waals surface area contributed by atoms with E-state index in [1.165, 1.54) is 12.1 Å². The molecular formula is C30H18N2O4-2. The maximum atomic E-state index is 11.6. The number of carbonyl (C=O) groups excluding carboxylic acids is 2. The predicted molar refractivity (Wildman–Crippen MR) is 138 cm³/mol. The van der Waals surface area contributed by atoms with Crippen LogP contribution in [0.25, 0.3) is 21.5 Å². The summed E-state index contributed by atoms with van der Waals surface area (Å²) in [5.41, 5.74) is 2.93. The molecule has 5 aromatic carbocycles. The van der Waals surface area contributed by atoms with Crippen molar-refractivity contribution in [2.45, 2.75) is 0 Å². The molecule has 0 heterocycles.